The predicted molar refractivity (Wildman–Crippen MR) is 75.8 cm³/mol. The van der Waals surface area contributed by atoms with Gasteiger partial charge in [-0.25, -0.2) is 13.1 Å². The number of hydrogen-bond donors (Lipinski definition) is 2. The molecule has 0 bridgehead atoms. The summed E-state index contributed by atoms with van der Waals surface area (Å²) >= 11 is 1.31. The Morgan fingerprint density at radius 3 is 2.79 bits per heavy atom. The van der Waals surface area contributed by atoms with Crippen molar-refractivity contribution in [1.82, 2.24) is 10.0 Å². The van der Waals surface area contributed by atoms with Crippen LogP contribution in [0.4, 0.5) is 0 Å². The molecule has 19 heavy (non-hydrogen) atoms. The topological polar surface area (TPSA) is 67.4 Å². The second-order valence-electron chi connectivity index (χ2n) is 4.66. The maximum absolute atomic E-state index is 12.1. The molecule has 2 heterocycles. The van der Waals surface area contributed by atoms with E-state index in [1.54, 1.807) is 6.07 Å². The van der Waals surface area contributed by atoms with Crippen LogP contribution in [0.1, 0.15) is 17.7 Å². The van der Waals surface area contributed by atoms with Gasteiger partial charge in [0.25, 0.3) is 0 Å². The average molecular weight is 304 g/mol. The Hall–Kier alpha value is -0.470. The number of nitrogens with one attached hydrogen (secondary N) is 2. The van der Waals surface area contributed by atoms with E-state index < -0.39 is 10.0 Å². The Balaban J connectivity index is 1.92. The molecule has 0 aromatic carbocycles. The van der Waals surface area contributed by atoms with E-state index in [-0.39, 0.29) is 0 Å². The number of sulfonamides is 1. The molecule has 1 aromatic rings. The normalized spacial score (nSPS) is 17.7. The standard InChI is InChI=1S/C12H20N2O3S2/c1-13-9-11-2-3-12(18-11)19(15,16)14-8-10-4-6-17-7-5-10/h2-3,10,13-14H,4-9H2,1H3. The minimum atomic E-state index is -3.36. The molecule has 108 valence electrons. The van der Waals surface area contributed by atoms with Crippen LogP contribution < -0.4 is 10.0 Å². The zero-order chi connectivity index (χ0) is 13.7. The molecular weight excluding hydrogens is 284 g/mol. The molecule has 1 aromatic heterocycles. The fraction of sp³-hybridized carbons (Fsp3) is 0.667. The highest BCUT2D eigenvalue weighted by Gasteiger charge is 2.20. The third-order valence-corrected chi connectivity index (χ3v) is 6.16. The summed E-state index contributed by atoms with van der Waals surface area (Å²) in [5.41, 5.74) is 0. The first-order valence-electron chi connectivity index (χ1n) is 6.42. The lowest BCUT2D eigenvalue weighted by atomic mass is 10.0. The van der Waals surface area contributed by atoms with Crippen molar-refractivity contribution in [3.63, 3.8) is 0 Å². The van der Waals surface area contributed by atoms with Crippen molar-refractivity contribution < 1.29 is 13.2 Å². The van der Waals surface area contributed by atoms with Gasteiger partial charge in [0.1, 0.15) is 4.21 Å². The monoisotopic (exact) mass is 304 g/mol. The molecule has 5 nitrogen and oxygen atoms in total. The van der Waals surface area contributed by atoms with Crippen LogP contribution in [0.5, 0.6) is 0 Å². The van der Waals surface area contributed by atoms with Gasteiger partial charge in [0, 0.05) is 31.2 Å². The summed E-state index contributed by atoms with van der Waals surface area (Å²) in [7, 11) is -1.51. The minimum absolute atomic E-state index is 0.389. The third-order valence-electron chi connectivity index (χ3n) is 3.16. The van der Waals surface area contributed by atoms with Gasteiger partial charge in [0.05, 0.1) is 0 Å². The van der Waals surface area contributed by atoms with Crippen molar-refractivity contribution >= 4 is 21.4 Å². The molecule has 0 saturated carbocycles. The number of hydrogen-bond acceptors (Lipinski definition) is 5. The number of thiophene rings is 1. The Morgan fingerprint density at radius 2 is 2.11 bits per heavy atom. The van der Waals surface area contributed by atoms with Crippen molar-refractivity contribution in [3.05, 3.63) is 17.0 Å². The summed E-state index contributed by atoms with van der Waals surface area (Å²) in [6.45, 7) is 2.67. The molecule has 2 N–H and O–H groups in total. The Labute approximate surface area is 118 Å². The maximum Gasteiger partial charge on any atom is 0.250 e. The predicted octanol–water partition coefficient (Wildman–Crippen LogP) is 1.17. The molecule has 7 heteroatoms. The van der Waals surface area contributed by atoms with Crippen molar-refractivity contribution in [2.24, 2.45) is 5.92 Å². The van der Waals surface area contributed by atoms with E-state index in [1.807, 2.05) is 13.1 Å². The van der Waals surface area contributed by atoms with Gasteiger partial charge in [-0.05, 0) is 37.9 Å². The second kappa shape index (κ2) is 6.81. The lowest BCUT2D eigenvalue weighted by Crippen LogP contribution is -2.31. The van der Waals surface area contributed by atoms with Gasteiger partial charge < -0.3 is 10.1 Å². The van der Waals surface area contributed by atoms with Crippen molar-refractivity contribution in [1.29, 1.82) is 0 Å². The largest absolute Gasteiger partial charge is 0.381 e. The summed E-state index contributed by atoms with van der Waals surface area (Å²) < 4.78 is 32.6. The van der Waals surface area contributed by atoms with E-state index in [0.29, 0.717) is 23.2 Å². The summed E-state index contributed by atoms with van der Waals surface area (Å²) in [5, 5.41) is 3.01. The quantitative estimate of drug-likeness (QED) is 0.828. The SMILES string of the molecule is CNCc1ccc(S(=O)(=O)NCC2CCOCC2)s1. The van der Waals surface area contributed by atoms with Gasteiger partial charge in [-0.2, -0.15) is 0 Å². The molecule has 1 fully saturated rings. The van der Waals surface area contributed by atoms with Gasteiger partial charge >= 0.3 is 0 Å². The van der Waals surface area contributed by atoms with Gasteiger partial charge in [0.2, 0.25) is 10.0 Å². The van der Waals surface area contributed by atoms with E-state index in [9.17, 15) is 8.42 Å². The first kappa shape index (κ1) is 14.9. The van der Waals surface area contributed by atoms with E-state index in [1.165, 1.54) is 11.3 Å². The van der Waals surface area contributed by atoms with E-state index in [4.69, 9.17) is 4.74 Å². The van der Waals surface area contributed by atoms with Crippen LogP contribution in [-0.4, -0.2) is 35.2 Å². The van der Waals surface area contributed by atoms with Crippen molar-refractivity contribution in [3.8, 4) is 0 Å². The third kappa shape index (κ3) is 4.25. The minimum Gasteiger partial charge on any atom is -0.381 e. The van der Waals surface area contributed by atoms with Crippen LogP contribution in [0.25, 0.3) is 0 Å². The average Bonchev–Trinajstić information content (AvgIpc) is 2.88. The zero-order valence-electron chi connectivity index (χ0n) is 11.0. The lowest BCUT2D eigenvalue weighted by molar-refractivity contribution is 0.0678. The lowest BCUT2D eigenvalue weighted by Gasteiger charge is -2.21. The fourth-order valence-corrected chi connectivity index (χ4v) is 4.55. The Kier molecular flexibility index (Phi) is 5.35. The smallest absolute Gasteiger partial charge is 0.250 e. The van der Waals surface area contributed by atoms with Gasteiger partial charge in [-0.3, -0.25) is 0 Å². The van der Waals surface area contributed by atoms with Crippen molar-refractivity contribution in [2.75, 3.05) is 26.8 Å². The van der Waals surface area contributed by atoms with E-state index in [0.717, 1.165) is 30.9 Å². The highest BCUT2D eigenvalue weighted by Crippen LogP contribution is 2.22. The molecule has 2 rings (SSSR count). The summed E-state index contributed by atoms with van der Waals surface area (Å²) in [4.78, 5) is 1.02. The highest BCUT2D eigenvalue weighted by molar-refractivity contribution is 7.91. The summed E-state index contributed by atoms with van der Waals surface area (Å²) in [6.07, 6.45) is 1.86. The van der Waals surface area contributed by atoms with Crippen LogP contribution in [0.15, 0.2) is 16.3 Å². The number of rotatable bonds is 6. The zero-order valence-corrected chi connectivity index (χ0v) is 12.6. The molecule has 0 aliphatic carbocycles. The van der Waals surface area contributed by atoms with Crippen LogP contribution in [-0.2, 0) is 21.3 Å². The first-order chi connectivity index (χ1) is 9.12. The molecule has 0 atom stereocenters. The van der Waals surface area contributed by atoms with Crippen LogP contribution >= 0.6 is 11.3 Å². The number of ether oxygens (including phenoxy) is 1. The second-order valence-corrected chi connectivity index (χ2v) is 7.82. The maximum atomic E-state index is 12.1. The van der Waals surface area contributed by atoms with E-state index >= 15 is 0 Å². The molecule has 0 radical (unpaired) electrons. The fourth-order valence-electron chi connectivity index (χ4n) is 2.02. The molecule has 1 aliphatic rings. The van der Waals surface area contributed by atoms with Crippen LogP contribution in [0.2, 0.25) is 0 Å². The van der Waals surface area contributed by atoms with Crippen molar-refractivity contribution in [2.45, 2.75) is 23.6 Å². The molecule has 0 spiro atoms. The molecule has 0 amide bonds. The summed E-state index contributed by atoms with van der Waals surface area (Å²) in [6, 6.07) is 3.52. The summed E-state index contributed by atoms with van der Waals surface area (Å²) in [5.74, 6) is 0.389. The molecule has 0 unspecified atom stereocenters. The van der Waals surface area contributed by atoms with Gasteiger partial charge in [-0.1, -0.05) is 0 Å². The van der Waals surface area contributed by atoms with Gasteiger partial charge in [-0.15, -0.1) is 11.3 Å². The van der Waals surface area contributed by atoms with Crippen LogP contribution in [0.3, 0.4) is 0 Å². The molecular formula is C12H20N2O3S2. The Bertz CT molecular complexity index is 493. The van der Waals surface area contributed by atoms with E-state index in [2.05, 4.69) is 10.0 Å². The van der Waals surface area contributed by atoms with Gasteiger partial charge in [0.15, 0.2) is 0 Å². The Morgan fingerprint density at radius 1 is 1.37 bits per heavy atom. The molecule has 1 saturated heterocycles. The highest BCUT2D eigenvalue weighted by atomic mass is 32.2. The molecule has 1 aliphatic heterocycles. The van der Waals surface area contributed by atoms with Crippen LogP contribution in [0, 0.1) is 5.92 Å². The first-order valence-corrected chi connectivity index (χ1v) is 8.72.